The van der Waals surface area contributed by atoms with E-state index in [1.807, 2.05) is 36.4 Å². The van der Waals surface area contributed by atoms with Gasteiger partial charge in [-0.2, -0.15) is 0 Å². The largest absolute Gasteiger partial charge is 0.399 e. The number of aliphatic imine (C=N–C) groups is 1. The van der Waals surface area contributed by atoms with Gasteiger partial charge < -0.3 is 20.9 Å². The highest BCUT2D eigenvalue weighted by atomic mass is 16.2. The van der Waals surface area contributed by atoms with Gasteiger partial charge in [-0.3, -0.25) is 9.79 Å². The highest BCUT2D eigenvalue weighted by Crippen LogP contribution is 2.37. The number of hydrogen-bond donors (Lipinski definition) is 2. The molecule has 6 rings (SSSR count). The van der Waals surface area contributed by atoms with Gasteiger partial charge in [-0.05, 0) is 80.8 Å². The fourth-order valence-electron chi connectivity index (χ4n) is 6.19. The van der Waals surface area contributed by atoms with Crippen molar-refractivity contribution in [3.63, 3.8) is 0 Å². The summed E-state index contributed by atoms with van der Waals surface area (Å²) in [6, 6.07) is 16.9. The summed E-state index contributed by atoms with van der Waals surface area (Å²) in [5, 5.41) is 3.03. The average molecular weight is 472 g/mol. The van der Waals surface area contributed by atoms with Crippen molar-refractivity contribution in [2.24, 2.45) is 10.9 Å². The first kappa shape index (κ1) is 22.7. The predicted molar refractivity (Wildman–Crippen MR) is 142 cm³/mol. The number of carbonyl (C=O) groups is 1. The number of hydrogen-bond acceptors (Lipinski definition) is 5. The summed E-state index contributed by atoms with van der Waals surface area (Å²) in [4.78, 5) is 23.8. The Morgan fingerprint density at radius 1 is 0.943 bits per heavy atom. The van der Waals surface area contributed by atoms with E-state index in [1.54, 1.807) is 0 Å². The maximum Gasteiger partial charge on any atom is 0.238 e. The van der Waals surface area contributed by atoms with Gasteiger partial charge in [0.25, 0.3) is 0 Å². The van der Waals surface area contributed by atoms with E-state index in [2.05, 4.69) is 27.2 Å². The zero-order valence-corrected chi connectivity index (χ0v) is 20.5. The van der Waals surface area contributed by atoms with Gasteiger partial charge >= 0.3 is 0 Å². The minimum absolute atomic E-state index is 0.0106. The van der Waals surface area contributed by atoms with Gasteiger partial charge in [0, 0.05) is 37.1 Å². The minimum atomic E-state index is -0.387. The Balaban J connectivity index is 1.16. The number of fused-ring (bicyclic) bond motifs is 1. The van der Waals surface area contributed by atoms with Gasteiger partial charge in [0.2, 0.25) is 5.91 Å². The van der Waals surface area contributed by atoms with Crippen LogP contribution in [0, 0.1) is 5.92 Å². The van der Waals surface area contributed by atoms with Crippen LogP contribution in [0.3, 0.4) is 0 Å². The van der Waals surface area contributed by atoms with Crippen LogP contribution >= 0.6 is 0 Å². The van der Waals surface area contributed by atoms with Crippen molar-refractivity contribution in [2.75, 3.05) is 43.8 Å². The third-order valence-electron chi connectivity index (χ3n) is 8.36. The molecular weight excluding hydrogens is 434 g/mol. The summed E-state index contributed by atoms with van der Waals surface area (Å²) in [6.45, 7) is 6.06. The molecule has 0 bridgehead atoms. The summed E-state index contributed by atoms with van der Waals surface area (Å²) in [7, 11) is 0. The molecule has 0 spiro atoms. The maximum atomic E-state index is 13.1. The van der Waals surface area contributed by atoms with E-state index in [1.165, 1.54) is 45.3 Å². The first-order valence-corrected chi connectivity index (χ1v) is 13.4. The number of nitrogens with zero attached hydrogens (tertiary/aromatic N) is 3. The first-order valence-electron chi connectivity index (χ1n) is 13.4. The molecule has 4 aliphatic rings. The molecule has 1 unspecified atom stereocenters. The van der Waals surface area contributed by atoms with Crippen LogP contribution in [0.4, 0.5) is 11.4 Å². The summed E-state index contributed by atoms with van der Waals surface area (Å²) in [6.07, 6.45) is 7.61. The number of nitrogens with one attached hydrogen (secondary N) is 1. The Kier molecular flexibility index (Phi) is 6.33. The number of amides is 1. The first-order chi connectivity index (χ1) is 17.1. The molecule has 3 fully saturated rings. The second-order valence-corrected chi connectivity index (χ2v) is 10.9. The number of carbonyl (C=O) groups excluding carboxylic acids is 1. The topological polar surface area (TPSA) is 74.0 Å². The molecule has 1 saturated carbocycles. The quantitative estimate of drug-likeness (QED) is 0.491. The van der Waals surface area contributed by atoms with Crippen molar-refractivity contribution in [1.82, 2.24) is 9.80 Å². The van der Waals surface area contributed by atoms with E-state index in [-0.39, 0.29) is 17.9 Å². The molecule has 1 amide bonds. The molecule has 2 aromatic carbocycles. The summed E-state index contributed by atoms with van der Waals surface area (Å²) < 4.78 is 0. The van der Waals surface area contributed by atoms with Gasteiger partial charge in [0.15, 0.2) is 0 Å². The van der Waals surface area contributed by atoms with Gasteiger partial charge in [-0.1, -0.05) is 36.4 Å². The van der Waals surface area contributed by atoms with Crippen molar-refractivity contribution >= 4 is 23.0 Å². The van der Waals surface area contributed by atoms with Crippen molar-refractivity contribution < 1.29 is 4.79 Å². The summed E-state index contributed by atoms with van der Waals surface area (Å²) in [5.74, 6) is 0.593. The van der Waals surface area contributed by atoms with Crippen molar-refractivity contribution in [3.8, 4) is 0 Å². The highest BCUT2D eigenvalue weighted by molar-refractivity contribution is 6.23. The minimum Gasteiger partial charge on any atom is -0.399 e. The zero-order chi connectivity index (χ0) is 23.8. The van der Waals surface area contributed by atoms with Crippen molar-refractivity contribution in [2.45, 2.75) is 56.5 Å². The standard InChI is InChI=1S/C29H37N5O/c30-22-8-9-25-26(18-22)32-29(35)27(25)28(21-4-2-1-3-5-21)31-23-10-16-34(17-11-23)24-12-14-33(15-13-24)19-20-6-7-20/h1-5,8-9,18,20,23-24,27H,6-7,10-17,19,30H2,(H,32,35). The second kappa shape index (κ2) is 9.75. The van der Waals surface area contributed by atoms with Gasteiger partial charge in [0.1, 0.15) is 5.92 Å². The number of nitrogen functional groups attached to an aromatic ring is 1. The number of rotatable bonds is 6. The molecule has 35 heavy (non-hydrogen) atoms. The average Bonchev–Trinajstić information content (AvgIpc) is 3.64. The molecule has 0 radical (unpaired) electrons. The van der Waals surface area contributed by atoms with E-state index in [4.69, 9.17) is 10.7 Å². The predicted octanol–water partition coefficient (Wildman–Crippen LogP) is 4.13. The Morgan fingerprint density at radius 3 is 2.40 bits per heavy atom. The molecule has 3 N–H and O–H groups in total. The molecule has 6 heteroatoms. The van der Waals surface area contributed by atoms with E-state index < -0.39 is 0 Å². The zero-order valence-electron chi connectivity index (χ0n) is 20.5. The normalized spacial score (nSPS) is 25.0. The molecule has 2 aromatic rings. The third-order valence-corrected chi connectivity index (χ3v) is 8.36. The molecule has 1 aliphatic carbocycles. The molecule has 1 atom stereocenters. The molecule has 3 heterocycles. The highest BCUT2D eigenvalue weighted by Gasteiger charge is 2.36. The summed E-state index contributed by atoms with van der Waals surface area (Å²) in [5.41, 5.74) is 10.3. The number of piperidine rings is 2. The van der Waals surface area contributed by atoms with Crippen LogP contribution in [0.25, 0.3) is 0 Å². The molecular formula is C29H37N5O. The lowest BCUT2D eigenvalue weighted by molar-refractivity contribution is -0.115. The lowest BCUT2D eigenvalue weighted by atomic mass is 9.90. The molecule has 3 aliphatic heterocycles. The van der Waals surface area contributed by atoms with Gasteiger partial charge in [-0.25, -0.2) is 0 Å². The smallest absolute Gasteiger partial charge is 0.238 e. The maximum absolute atomic E-state index is 13.1. The number of benzene rings is 2. The van der Waals surface area contributed by atoms with Gasteiger partial charge in [-0.15, -0.1) is 0 Å². The Labute approximate surface area is 208 Å². The molecule has 2 saturated heterocycles. The van der Waals surface area contributed by atoms with Gasteiger partial charge in [0.05, 0.1) is 11.8 Å². The lowest BCUT2D eigenvalue weighted by Gasteiger charge is -2.41. The Hall–Kier alpha value is -2.70. The second-order valence-electron chi connectivity index (χ2n) is 10.9. The van der Waals surface area contributed by atoms with Crippen LogP contribution < -0.4 is 11.1 Å². The SMILES string of the molecule is Nc1ccc2c(c1)NC(=O)C2C(=NC1CCN(C2CCN(CC3CC3)CC2)CC1)c1ccccc1. The summed E-state index contributed by atoms with van der Waals surface area (Å²) >= 11 is 0. The fourth-order valence-corrected chi connectivity index (χ4v) is 6.19. The number of nitrogens with two attached hydrogens (primary N) is 1. The number of likely N-dealkylation sites (tertiary alicyclic amines) is 2. The van der Waals surface area contributed by atoms with E-state index in [9.17, 15) is 4.79 Å². The van der Waals surface area contributed by atoms with Crippen LogP contribution in [0.15, 0.2) is 53.5 Å². The van der Waals surface area contributed by atoms with Crippen LogP contribution in [0.2, 0.25) is 0 Å². The third kappa shape index (κ3) is 5.00. The van der Waals surface area contributed by atoms with Crippen molar-refractivity contribution in [1.29, 1.82) is 0 Å². The monoisotopic (exact) mass is 471 g/mol. The molecule has 184 valence electrons. The van der Waals surface area contributed by atoms with Crippen LogP contribution in [-0.2, 0) is 4.79 Å². The molecule has 6 nitrogen and oxygen atoms in total. The van der Waals surface area contributed by atoms with E-state index in [0.29, 0.717) is 5.69 Å². The Bertz CT molecular complexity index is 1080. The lowest BCUT2D eigenvalue weighted by Crippen LogP contribution is -2.48. The van der Waals surface area contributed by atoms with Crippen LogP contribution in [0.1, 0.15) is 55.6 Å². The Morgan fingerprint density at radius 2 is 1.69 bits per heavy atom. The van der Waals surface area contributed by atoms with Crippen LogP contribution in [-0.4, -0.2) is 66.2 Å². The van der Waals surface area contributed by atoms with Crippen LogP contribution in [0.5, 0.6) is 0 Å². The van der Waals surface area contributed by atoms with Crippen molar-refractivity contribution in [3.05, 3.63) is 59.7 Å². The van der Waals surface area contributed by atoms with E-state index in [0.717, 1.165) is 60.4 Å². The number of anilines is 2. The molecule has 0 aromatic heterocycles. The van der Waals surface area contributed by atoms with E-state index >= 15 is 0 Å². The fraction of sp³-hybridized carbons (Fsp3) is 0.517.